The Morgan fingerprint density at radius 3 is 2.65 bits per heavy atom. The molecular weight excluding hydrogens is 494 g/mol. The number of carbonyl (C=O) groups excluding carboxylic acids is 1. The van der Waals surface area contributed by atoms with Crippen LogP contribution in [0.5, 0.6) is 5.88 Å². The molecule has 1 amide bonds. The van der Waals surface area contributed by atoms with Gasteiger partial charge in [0.25, 0.3) is 0 Å². The first-order valence-electron chi connectivity index (χ1n) is 12.7. The second-order valence-electron chi connectivity index (χ2n) is 10.0. The minimum atomic E-state index is -4.45. The fourth-order valence-corrected chi connectivity index (χ4v) is 4.86. The van der Waals surface area contributed by atoms with E-state index in [0.717, 1.165) is 24.7 Å². The van der Waals surface area contributed by atoms with Crippen LogP contribution in [-0.2, 0) is 24.1 Å². The van der Waals surface area contributed by atoms with E-state index in [9.17, 15) is 18.0 Å². The summed E-state index contributed by atoms with van der Waals surface area (Å²) in [7, 11) is 0. The number of nitrogens with zero attached hydrogens (tertiary/aromatic N) is 4. The third kappa shape index (κ3) is 7.62. The second-order valence-corrected chi connectivity index (χ2v) is 10.0. The third-order valence-corrected chi connectivity index (χ3v) is 7.17. The van der Waals surface area contributed by atoms with E-state index in [1.54, 1.807) is 13.0 Å². The van der Waals surface area contributed by atoms with E-state index in [-0.39, 0.29) is 30.1 Å². The summed E-state index contributed by atoms with van der Waals surface area (Å²) in [6, 6.07) is 3.18. The summed E-state index contributed by atoms with van der Waals surface area (Å²) in [4.78, 5) is 18.7. The van der Waals surface area contributed by atoms with Crippen LogP contribution in [0.4, 0.5) is 17.6 Å². The smallest absolute Gasteiger partial charge is 0.425 e. The number of ether oxygens (including phenoxy) is 1. The molecule has 1 aliphatic carbocycles. The first-order valence-corrected chi connectivity index (χ1v) is 12.7. The van der Waals surface area contributed by atoms with Crippen LogP contribution in [0.2, 0.25) is 0 Å². The summed E-state index contributed by atoms with van der Waals surface area (Å²) in [6.07, 6.45) is -2.80. The largest absolute Gasteiger partial charge is 0.465 e. The van der Waals surface area contributed by atoms with Gasteiger partial charge in [0.05, 0.1) is 0 Å². The van der Waals surface area contributed by atoms with Crippen molar-refractivity contribution in [2.45, 2.75) is 89.2 Å². The number of hydrogen-bond acceptors (Lipinski definition) is 7. The molecule has 1 atom stereocenters. The molecule has 3 heterocycles. The van der Waals surface area contributed by atoms with Crippen molar-refractivity contribution in [1.82, 2.24) is 25.4 Å². The van der Waals surface area contributed by atoms with Gasteiger partial charge in [0.2, 0.25) is 23.6 Å². The van der Waals surface area contributed by atoms with E-state index in [4.69, 9.17) is 9.15 Å². The van der Waals surface area contributed by atoms with Gasteiger partial charge in [-0.3, -0.25) is 4.79 Å². The molecule has 0 bridgehead atoms. The number of alkyl halides is 4. The van der Waals surface area contributed by atoms with Gasteiger partial charge in [0.15, 0.2) is 6.10 Å². The number of nitrogens with one attached hydrogen (secondary N) is 1. The molecule has 0 aromatic carbocycles. The number of carbonyl (C=O) groups is 1. The first-order chi connectivity index (χ1) is 17.5. The van der Waals surface area contributed by atoms with Crippen LogP contribution in [0.1, 0.15) is 62.1 Å². The second kappa shape index (κ2) is 11.3. The maximum absolute atomic E-state index is 15.5. The highest BCUT2D eigenvalue weighted by Crippen LogP contribution is 2.35. The molecule has 2 aromatic rings. The molecule has 2 aliphatic rings. The van der Waals surface area contributed by atoms with Gasteiger partial charge >= 0.3 is 6.18 Å². The number of hydrogen-bond donors (Lipinski definition) is 1. The van der Waals surface area contributed by atoms with Crippen molar-refractivity contribution < 1.29 is 31.5 Å². The predicted molar refractivity (Wildman–Crippen MR) is 126 cm³/mol. The van der Waals surface area contributed by atoms with Crippen molar-refractivity contribution >= 4 is 5.91 Å². The van der Waals surface area contributed by atoms with Gasteiger partial charge in [-0.1, -0.05) is 6.07 Å². The minimum absolute atomic E-state index is 0.0132. The van der Waals surface area contributed by atoms with E-state index >= 15 is 4.39 Å². The number of fused-ring (bicyclic) bond motifs is 1. The van der Waals surface area contributed by atoms with Crippen LogP contribution < -0.4 is 10.1 Å². The molecule has 204 valence electrons. The lowest BCUT2D eigenvalue weighted by Crippen LogP contribution is -2.43. The third-order valence-electron chi connectivity index (χ3n) is 7.17. The highest BCUT2D eigenvalue weighted by Gasteiger charge is 2.38. The lowest BCUT2D eigenvalue weighted by Gasteiger charge is -2.35. The number of pyridine rings is 1. The zero-order valence-electron chi connectivity index (χ0n) is 21.1. The normalized spacial score (nSPS) is 23.7. The van der Waals surface area contributed by atoms with Gasteiger partial charge in [0.1, 0.15) is 12.1 Å². The number of aryl methyl sites for hydroxylation is 1. The fraction of sp³-hybridized carbons (Fsp3) is 0.680. The Morgan fingerprint density at radius 2 is 1.97 bits per heavy atom. The molecule has 0 saturated heterocycles. The van der Waals surface area contributed by atoms with Crippen LogP contribution in [0.3, 0.4) is 0 Å². The molecule has 1 saturated carbocycles. The van der Waals surface area contributed by atoms with E-state index in [1.165, 1.54) is 6.07 Å². The Kier molecular flexibility index (Phi) is 8.35. The van der Waals surface area contributed by atoms with Crippen LogP contribution in [0, 0.1) is 6.92 Å². The topological polar surface area (TPSA) is 93.4 Å². The summed E-state index contributed by atoms with van der Waals surface area (Å²) >= 11 is 0. The summed E-state index contributed by atoms with van der Waals surface area (Å²) < 4.78 is 64.1. The molecule has 37 heavy (non-hydrogen) atoms. The van der Waals surface area contributed by atoms with Crippen molar-refractivity contribution in [2.24, 2.45) is 0 Å². The van der Waals surface area contributed by atoms with Crippen molar-refractivity contribution in [2.75, 3.05) is 19.6 Å². The van der Waals surface area contributed by atoms with E-state index in [0.29, 0.717) is 63.9 Å². The summed E-state index contributed by atoms with van der Waals surface area (Å²) in [5, 5.41) is 10.5. The molecular formula is C25H33F4N5O3. The standard InChI is InChI=1S/C25H33F4N5O3/c1-16(25(27,28)29)36-22-4-3-18-7-12-34(13-8-20(18)31-22)14-11-24(26)9-5-19(6-10-24)30-21(35)15-23-33-32-17(2)37-23/h3-4,16,19H,5-15H2,1-2H3,(H,30,35). The highest BCUT2D eigenvalue weighted by molar-refractivity contribution is 5.77. The quantitative estimate of drug-likeness (QED) is 0.521. The van der Waals surface area contributed by atoms with Crippen molar-refractivity contribution in [3.63, 3.8) is 0 Å². The lowest BCUT2D eigenvalue weighted by molar-refractivity contribution is -0.190. The monoisotopic (exact) mass is 527 g/mol. The first kappa shape index (κ1) is 27.3. The zero-order valence-corrected chi connectivity index (χ0v) is 21.1. The van der Waals surface area contributed by atoms with E-state index in [2.05, 4.69) is 25.4 Å². The molecule has 1 fully saturated rings. The average Bonchev–Trinajstić information content (AvgIpc) is 3.13. The van der Waals surface area contributed by atoms with Crippen LogP contribution >= 0.6 is 0 Å². The van der Waals surface area contributed by atoms with Gasteiger partial charge < -0.3 is 19.4 Å². The lowest BCUT2D eigenvalue weighted by atomic mass is 9.81. The molecule has 4 rings (SSSR count). The van der Waals surface area contributed by atoms with Gasteiger partial charge in [-0.2, -0.15) is 13.2 Å². The predicted octanol–water partition coefficient (Wildman–Crippen LogP) is 3.90. The SMILES string of the molecule is Cc1nnc(CC(=O)NC2CCC(F)(CCN3CCc4ccc(OC(C)C(F)(F)F)nc4CC3)CC2)o1. The maximum Gasteiger partial charge on any atom is 0.425 e. The molecule has 12 heteroatoms. The number of rotatable bonds is 8. The Hall–Kier alpha value is -2.76. The fourth-order valence-electron chi connectivity index (χ4n) is 4.86. The Bertz CT molecular complexity index is 1070. The molecule has 8 nitrogen and oxygen atoms in total. The van der Waals surface area contributed by atoms with Crippen molar-refractivity contribution in [3.8, 4) is 5.88 Å². The molecule has 1 unspecified atom stereocenters. The summed E-state index contributed by atoms with van der Waals surface area (Å²) in [5.74, 6) is 0.427. The molecule has 0 spiro atoms. The molecule has 2 aromatic heterocycles. The summed E-state index contributed by atoms with van der Waals surface area (Å²) in [6.45, 7) is 4.60. The van der Waals surface area contributed by atoms with Crippen molar-refractivity contribution in [3.05, 3.63) is 35.2 Å². The molecule has 1 aliphatic heterocycles. The maximum atomic E-state index is 15.5. The average molecular weight is 528 g/mol. The van der Waals surface area contributed by atoms with Crippen LogP contribution in [0.15, 0.2) is 16.5 Å². The number of amides is 1. The van der Waals surface area contributed by atoms with E-state index < -0.39 is 17.9 Å². The van der Waals surface area contributed by atoms with Gasteiger partial charge in [-0.05, 0) is 51.0 Å². The van der Waals surface area contributed by atoms with Gasteiger partial charge in [0, 0.05) is 50.8 Å². The molecule has 0 radical (unpaired) electrons. The minimum Gasteiger partial charge on any atom is -0.465 e. The van der Waals surface area contributed by atoms with Crippen LogP contribution in [-0.4, -0.2) is 69.6 Å². The van der Waals surface area contributed by atoms with E-state index in [1.807, 2.05) is 0 Å². The number of halogens is 4. The Morgan fingerprint density at radius 1 is 1.24 bits per heavy atom. The van der Waals surface area contributed by atoms with Gasteiger partial charge in [-0.15, -0.1) is 10.2 Å². The number of aromatic nitrogens is 3. The Labute approximate surface area is 213 Å². The Balaban J connectivity index is 1.21. The van der Waals surface area contributed by atoms with Crippen molar-refractivity contribution in [1.29, 1.82) is 0 Å². The molecule has 1 N–H and O–H groups in total. The van der Waals surface area contributed by atoms with Crippen LogP contribution in [0.25, 0.3) is 0 Å². The van der Waals surface area contributed by atoms with Gasteiger partial charge in [-0.25, -0.2) is 9.37 Å². The zero-order chi connectivity index (χ0) is 26.6. The highest BCUT2D eigenvalue weighted by atomic mass is 19.4. The summed E-state index contributed by atoms with van der Waals surface area (Å²) in [5.41, 5.74) is 0.435.